The summed E-state index contributed by atoms with van der Waals surface area (Å²) in [6.07, 6.45) is -1.57. The van der Waals surface area contributed by atoms with E-state index in [1.807, 2.05) is 0 Å². The van der Waals surface area contributed by atoms with E-state index in [2.05, 4.69) is 10.7 Å². The second-order valence-corrected chi connectivity index (χ2v) is 4.35. The maximum absolute atomic E-state index is 12.8. The van der Waals surface area contributed by atoms with Crippen molar-refractivity contribution in [3.05, 3.63) is 33.9 Å². The van der Waals surface area contributed by atoms with Crippen LogP contribution < -0.4 is 39.4 Å². The molecule has 0 amide bonds. The zero-order valence-corrected chi connectivity index (χ0v) is 13.4. The van der Waals surface area contributed by atoms with Crippen LogP contribution >= 0.6 is 11.6 Å². The summed E-state index contributed by atoms with van der Waals surface area (Å²) in [5, 5.41) is 10.7. The quantitative estimate of drug-likeness (QED) is 0.481. The molecule has 8 heteroatoms. The van der Waals surface area contributed by atoms with Crippen molar-refractivity contribution < 1.29 is 57.4 Å². The maximum atomic E-state index is 12.8. The van der Waals surface area contributed by atoms with Crippen LogP contribution in [-0.4, -0.2) is 18.2 Å². The molecule has 2 rings (SSSR count). The average Bonchev–Trinajstić information content (AvgIpc) is 2.35. The first-order valence-electron chi connectivity index (χ1n) is 5.20. The first kappa shape index (κ1) is 17.9. The van der Waals surface area contributed by atoms with Gasteiger partial charge in [-0.2, -0.15) is 13.2 Å². The number of halogens is 4. The van der Waals surface area contributed by atoms with Crippen LogP contribution in [0, 0.1) is 12.3 Å². The third-order valence-electron chi connectivity index (χ3n) is 2.60. The predicted octanol–water partition coefficient (Wildman–Crippen LogP) is -1.22. The molecule has 1 aliphatic rings. The summed E-state index contributed by atoms with van der Waals surface area (Å²) in [4.78, 5) is 10.8. The minimum absolute atomic E-state index is 0. The Labute approximate surface area is 145 Å². The van der Waals surface area contributed by atoms with Crippen LogP contribution in [0.1, 0.15) is 11.1 Å². The van der Waals surface area contributed by atoms with Gasteiger partial charge in [-0.3, -0.25) is 0 Å². The second-order valence-electron chi connectivity index (χ2n) is 3.95. The molecule has 0 aromatic heterocycles. The number of alkyl halides is 3. The summed E-state index contributed by atoms with van der Waals surface area (Å²) < 4.78 is 43.1. The smallest absolute Gasteiger partial charge is 0.545 e. The number of carbonyl (C=O) groups excluding carboxylic acids is 1. The maximum Gasteiger partial charge on any atom is 1.00 e. The number of carboxylic acid groups (broad SMARTS) is 1. The Hall–Kier alpha value is -1.13. The monoisotopic (exact) mass is 324 g/mol. The standard InChI is InChI=1S/C13H6ClF3O3.Na/c1-2-6-3-7-5-8(12(18)19)11(13(15,16)17)20-10(7)9(14)4-6;/h1,3-5,11H,(H,18,19);/q;+1/p-1/t11-;/m0./s1. The number of hydrogen-bond acceptors (Lipinski definition) is 3. The topological polar surface area (TPSA) is 49.4 Å². The summed E-state index contributed by atoms with van der Waals surface area (Å²) in [5.74, 6) is 0.0111. The molecule has 1 heterocycles. The van der Waals surface area contributed by atoms with E-state index in [1.165, 1.54) is 12.1 Å². The largest absolute Gasteiger partial charge is 1.00 e. The van der Waals surface area contributed by atoms with Crippen molar-refractivity contribution in [3.63, 3.8) is 0 Å². The van der Waals surface area contributed by atoms with E-state index >= 15 is 0 Å². The molecule has 1 aromatic carbocycles. The number of aliphatic carboxylic acids is 1. The second kappa shape index (κ2) is 6.32. The Kier molecular flexibility index (Phi) is 5.40. The van der Waals surface area contributed by atoms with Gasteiger partial charge in [-0.25, -0.2) is 0 Å². The van der Waals surface area contributed by atoms with Crippen LogP contribution in [0.15, 0.2) is 17.7 Å². The summed E-state index contributed by atoms with van der Waals surface area (Å²) in [7, 11) is 0. The summed E-state index contributed by atoms with van der Waals surface area (Å²) in [6.45, 7) is 0. The molecule has 0 radical (unpaired) electrons. The van der Waals surface area contributed by atoms with Gasteiger partial charge in [-0.1, -0.05) is 17.5 Å². The van der Waals surface area contributed by atoms with Gasteiger partial charge in [0, 0.05) is 16.7 Å². The fourth-order valence-electron chi connectivity index (χ4n) is 1.76. The third-order valence-corrected chi connectivity index (χ3v) is 2.88. The molecule has 0 fully saturated rings. The van der Waals surface area contributed by atoms with Crippen LogP contribution in [0.5, 0.6) is 5.75 Å². The van der Waals surface area contributed by atoms with Crippen molar-refractivity contribution in [2.75, 3.05) is 0 Å². The summed E-state index contributed by atoms with van der Waals surface area (Å²) >= 11 is 5.79. The average molecular weight is 325 g/mol. The van der Waals surface area contributed by atoms with E-state index in [4.69, 9.17) is 18.0 Å². The zero-order chi connectivity index (χ0) is 15.1. The molecular weight excluding hydrogens is 320 g/mol. The first-order chi connectivity index (χ1) is 9.24. The van der Waals surface area contributed by atoms with E-state index < -0.39 is 23.8 Å². The van der Waals surface area contributed by atoms with Gasteiger partial charge in [-0.15, -0.1) is 6.42 Å². The van der Waals surface area contributed by atoms with Gasteiger partial charge in [0.15, 0.2) is 0 Å². The third kappa shape index (κ3) is 3.55. The Morgan fingerprint density at radius 1 is 1.43 bits per heavy atom. The number of hydrogen-bond donors (Lipinski definition) is 0. The number of carbonyl (C=O) groups is 1. The van der Waals surface area contributed by atoms with Gasteiger partial charge < -0.3 is 14.6 Å². The van der Waals surface area contributed by atoms with Gasteiger partial charge in [0.25, 0.3) is 0 Å². The number of terminal acetylenes is 1. The Morgan fingerprint density at radius 3 is 2.52 bits per heavy atom. The predicted molar refractivity (Wildman–Crippen MR) is 62.8 cm³/mol. The van der Waals surface area contributed by atoms with Crippen LogP contribution in [-0.2, 0) is 4.79 Å². The molecule has 0 aliphatic carbocycles. The van der Waals surface area contributed by atoms with Crippen molar-refractivity contribution in [3.8, 4) is 18.1 Å². The van der Waals surface area contributed by atoms with Crippen molar-refractivity contribution in [1.82, 2.24) is 0 Å². The minimum atomic E-state index is -4.91. The fraction of sp³-hybridized carbons (Fsp3) is 0.154. The molecule has 0 N–H and O–H groups in total. The van der Waals surface area contributed by atoms with Crippen molar-refractivity contribution >= 4 is 23.6 Å². The van der Waals surface area contributed by atoms with Crippen LogP contribution in [0.25, 0.3) is 6.08 Å². The SMILES string of the molecule is C#Cc1cc(Cl)c2c(c1)C=C(C(=O)[O-])[C@@H](C(F)(F)F)O2.[Na+]. The van der Waals surface area contributed by atoms with E-state index in [9.17, 15) is 23.1 Å². The molecule has 3 nitrogen and oxygen atoms in total. The zero-order valence-electron chi connectivity index (χ0n) is 10.6. The van der Waals surface area contributed by atoms with Crippen molar-refractivity contribution in [2.45, 2.75) is 12.3 Å². The van der Waals surface area contributed by atoms with E-state index in [0.29, 0.717) is 0 Å². The van der Waals surface area contributed by atoms with Gasteiger partial charge in [0.05, 0.1) is 11.0 Å². The minimum Gasteiger partial charge on any atom is -0.545 e. The van der Waals surface area contributed by atoms with E-state index in [0.717, 1.165) is 6.08 Å². The van der Waals surface area contributed by atoms with Gasteiger partial charge in [-0.05, 0) is 18.2 Å². The molecular formula is C13H5ClF3NaO3. The Balaban J connectivity index is 0.00000220. The number of ether oxygens (including phenoxy) is 1. The Morgan fingerprint density at radius 2 is 2.05 bits per heavy atom. The van der Waals surface area contributed by atoms with Crippen LogP contribution in [0.4, 0.5) is 13.2 Å². The molecule has 0 bridgehead atoms. The van der Waals surface area contributed by atoms with E-state index in [1.54, 1.807) is 0 Å². The summed E-state index contributed by atoms with van der Waals surface area (Å²) in [5.41, 5.74) is -0.683. The Bertz CT molecular complexity index is 662. The number of fused-ring (bicyclic) bond motifs is 1. The number of carboxylic acids is 1. The van der Waals surface area contributed by atoms with Crippen molar-refractivity contribution in [2.24, 2.45) is 0 Å². The number of benzene rings is 1. The van der Waals surface area contributed by atoms with Crippen LogP contribution in [0.3, 0.4) is 0 Å². The molecule has 1 aliphatic heterocycles. The normalized spacial score (nSPS) is 16.7. The summed E-state index contributed by atoms with van der Waals surface area (Å²) in [6, 6.07) is 2.56. The molecule has 1 atom stereocenters. The van der Waals surface area contributed by atoms with Crippen molar-refractivity contribution in [1.29, 1.82) is 0 Å². The van der Waals surface area contributed by atoms with Gasteiger partial charge in [0.2, 0.25) is 6.10 Å². The molecule has 1 aromatic rings. The molecule has 0 unspecified atom stereocenters. The van der Waals surface area contributed by atoms with Crippen LogP contribution in [0.2, 0.25) is 5.02 Å². The molecule has 104 valence electrons. The van der Waals surface area contributed by atoms with E-state index in [-0.39, 0.29) is 51.5 Å². The first-order valence-corrected chi connectivity index (χ1v) is 5.58. The fourth-order valence-corrected chi connectivity index (χ4v) is 2.03. The molecule has 0 saturated carbocycles. The molecule has 0 spiro atoms. The van der Waals surface area contributed by atoms with Gasteiger partial charge in [0.1, 0.15) is 5.75 Å². The molecule has 21 heavy (non-hydrogen) atoms. The number of rotatable bonds is 1. The van der Waals surface area contributed by atoms with Gasteiger partial charge >= 0.3 is 35.7 Å². The molecule has 0 saturated heterocycles.